The number of hydrogen-bond acceptors (Lipinski definition) is 6. The molecule has 1 saturated carbocycles. The van der Waals surface area contributed by atoms with E-state index in [1.807, 2.05) is 19.9 Å². The van der Waals surface area contributed by atoms with Gasteiger partial charge >= 0.3 is 5.97 Å². The summed E-state index contributed by atoms with van der Waals surface area (Å²) in [6.07, 6.45) is 6.59. The Hall–Kier alpha value is -1.95. The lowest BCUT2D eigenvalue weighted by atomic mass is 9.63. The molecule has 0 aromatic rings. The quantitative estimate of drug-likeness (QED) is 0.383. The van der Waals surface area contributed by atoms with Crippen molar-refractivity contribution in [3.63, 3.8) is 0 Å². The van der Waals surface area contributed by atoms with Gasteiger partial charge in [0.1, 0.15) is 6.10 Å². The van der Waals surface area contributed by atoms with Gasteiger partial charge in [-0.3, -0.25) is 9.59 Å². The summed E-state index contributed by atoms with van der Waals surface area (Å²) < 4.78 is 5.82. The van der Waals surface area contributed by atoms with Gasteiger partial charge in [-0.05, 0) is 25.7 Å². The Morgan fingerprint density at radius 3 is 2.59 bits per heavy atom. The van der Waals surface area contributed by atoms with Crippen LogP contribution in [0.5, 0.6) is 0 Å². The smallest absolute Gasteiger partial charge is 0.335 e. The summed E-state index contributed by atoms with van der Waals surface area (Å²) in [6.45, 7) is 7.70. The highest BCUT2D eigenvalue weighted by atomic mass is 16.6. The van der Waals surface area contributed by atoms with Gasteiger partial charge in [-0.25, -0.2) is 4.79 Å². The normalized spacial score (nSPS) is 33.6. The summed E-state index contributed by atoms with van der Waals surface area (Å²) in [5.74, 6) is -3.21. The molecule has 0 aliphatic heterocycles. The predicted octanol–water partition coefficient (Wildman–Crippen LogP) is 3.43. The number of carbonyl (C=O) groups is 3. The molecule has 0 spiro atoms. The Kier molecular flexibility index (Phi) is 5.78. The third-order valence-electron chi connectivity index (χ3n) is 7.05. The number of ether oxygens (including phenoxy) is 1. The van der Waals surface area contributed by atoms with E-state index in [9.17, 15) is 24.6 Å². The average Bonchev–Trinajstić information content (AvgIpc) is 3.02. The number of hydrogen-bond donors (Lipinski definition) is 2. The summed E-state index contributed by atoms with van der Waals surface area (Å²) in [7, 11) is 0. The fraction of sp³-hybridized carbons (Fsp3) is 0.696. The number of aliphatic hydroxyl groups excluding tert-OH is 2. The summed E-state index contributed by atoms with van der Waals surface area (Å²) in [4.78, 5) is 37.6. The minimum atomic E-state index is -1.22. The van der Waals surface area contributed by atoms with Gasteiger partial charge in [-0.1, -0.05) is 58.6 Å². The van der Waals surface area contributed by atoms with Gasteiger partial charge in [0.25, 0.3) is 5.78 Å². The molecule has 29 heavy (non-hydrogen) atoms. The molecule has 3 aliphatic carbocycles. The number of rotatable bonds is 7. The maximum Gasteiger partial charge on any atom is 0.335 e. The van der Waals surface area contributed by atoms with Crippen molar-refractivity contribution in [1.82, 2.24) is 0 Å². The van der Waals surface area contributed by atoms with E-state index in [1.165, 1.54) is 0 Å². The van der Waals surface area contributed by atoms with Crippen molar-refractivity contribution in [2.75, 3.05) is 0 Å². The van der Waals surface area contributed by atoms with Crippen molar-refractivity contribution in [3.8, 4) is 0 Å². The molecule has 0 amide bonds. The van der Waals surface area contributed by atoms with Crippen molar-refractivity contribution in [3.05, 3.63) is 23.5 Å². The van der Waals surface area contributed by atoms with Crippen LogP contribution in [0.2, 0.25) is 0 Å². The molecule has 6 nitrogen and oxygen atoms in total. The number of ketones is 2. The Bertz CT molecular complexity index is 776. The molecule has 0 radical (unpaired) electrons. The standard InChI is InChI=1S/C23H32O6/c1-5-6-7-8-9-15(24)21(28)29-20-16-13(12-22(20,2)3)10-11-14-17(25)18(26)19(27)23(14,16)4/h10-11,13,15-16,20,24-25H,5-9,12H2,1-4H3. The molecule has 2 N–H and O–H groups in total. The topological polar surface area (TPSA) is 101 Å². The van der Waals surface area contributed by atoms with Crippen molar-refractivity contribution in [1.29, 1.82) is 0 Å². The molecule has 5 atom stereocenters. The molecule has 5 unspecified atom stereocenters. The van der Waals surface area contributed by atoms with Crippen molar-refractivity contribution >= 4 is 17.5 Å². The molecule has 3 aliphatic rings. The van der Waals surface area contributed by atoms with E-state index in [4.69, 9.17) is 4.74 Å². The molecule has 3 rings (SSSR count). The molecular formula is C23H32O6. The minimum Gasteiger partial charge on any atom is -0.504 e. The van der Waals surface area contributed by atoms with Crippen LogP contribution in [0, 0.1) is 22.7 Å². The number of unbranched alkanes of at least 4 members (excludes halogenated alkanes) is 3. The lowest BCUT2D eigenvalue weighted by Gasteiger charge is -2.41. The van der Waals surface area contributed by atoms with Gasteiger partial charge < -0.3 is 14.9 Å². The van der Waals surface area contributed by atoms with Gasteiger partial charge in [-0.15, -0.1) is 0 Å². The number of aliphatic hydroxyl groups is 2. The monoisotopic (exact) mass is 404 g/mol. The van der Waals surface area contributed by atoms with Gasteiger partial charge in [-0.2, -0.15) is 0 Å². The van der Waals surface area contributed by atoms with E-state index in [-0.39, 0.29) is 5.92 Å². The zero-order valence-corrected chi connectivity index (χ0v) is 17.7. The molecule has 0 heterocycles. The van der Waals surface area contributed by atoms with Crippen LogP contribution in [0.15, 0.2) is 23.5 Å². The highest BCUT2D eigenvalue weighted by molar-refractivity contribution is 6.48. The Morgan fingerprint density at radius 1 is 1.24 bits per heavy atom. The first-order valence-corrected chi connectivity index (χ1v) is 10.6. The fourth-order valence-corrected chi connectivity index (χ4v) is 5.44. The molecule has 0 saturated heterocycles. The second-order valence-corrected chi connectivity index (χ2v) is 9.59. The molecule has 0 aromatic carbocycles. The number of allylic oxidation sites excluding steroid dienone is 4. The lowest BCUT2D eigenvalue weighted by Crippen LogP contribution is -2.48. The molecule has 1 fully saturated rings. The second kappa shape index (κ2) is 7.71. The summed E-state index contributed by atoms with van der Waals surface area (Å²) in [5, 5.41) is 20.5. The number of esters is 1. The molecule has 0 aromatic heterocycles. The Balaban J connectivity index is 1.83. The van der Waals surface area contributed by atoms with E-state index in [0.29, 0.717) is 18.4 Å². The van der Waals surface area contributed by atoms with E-state index in [2.05, 4.69) is 6.92 Å². The van der Waals surface area contributed by atoms with Crippen LogP contribution < -0.4 is 0 Å². The van der Waals surface area contributed by atoms with Crippen LogP contribution in [0.3, 0.4) is 0 Å². The Morgan fingerprint density at radius 2 is 1.93 bits per heavy atom. The van der Waals surface area contributed by atoms with Crippen molar-refractivity contribution in [2.24, 2.45) is 22.7 Å². The van der Waals surface area contributed by atoms with Crippen LogP contribution in [0.1, 0.15) is 66.2 Å². The van der Waals surface area contributed by atoms with Gasteiger partial charge in [0.2, 0.25) is 5.78 Å². The number of fused-ring (bicyclic) bond motifs is 3. The van der Waals surface area contributed by atoms with Crippen molar-refractivity contribution < 1.29 is 29.3 Å². The van der Waals surface area contributed by atoms with Crippen LogP contribution in [-0.2, 0) is 19.1 Å². The van der Waals surface area contributed by atoms with E-state index >= 15 is 0 Å². The van der Waals surface area contributed by atoms with Crippen LogP contribution >= 0.6 is 0 Å². The van der Waals surface area contributed by atoms with E-state index in [0.717, 1.165) is 25.7 Å². The van der Waals surface area contributed by atoms with Crippen LogP contribution in [0.4, 0.5) is 0 Å². The highest BCUT2D eigenvalue weighted by Gasteiger charge is 2.65. The molecule has 0 bridgehead atoms. The first-order valence-electron chi connectivity index (χ1n) is 10.6. The van der Waals surface area contributed by atoms with Crippen molar-refractivity contribution in [2.45, 2.75) is 78.4 Å². The first-order chi connectivity index (χ1) is 13.6. The number of carbonyl (C=O) groups excluding carboxylic acids is 3. The van der Waals surface area contributed by atoms with E-state index in [1.54, 1.807) is 13.0 Å². The largest absolute Gasteiger partial charge is 0.504 e. The van der Waals surface area contributed by atoms with Crippen LogP contribution in [0.25, 0.3) is 0 Å². The highest BCUT2D eigenvalue weighted by Crippen LogP contribution is 2.61. The molecule has 160 valence electrons. The first kappa shape index (κ1) is 21.8. The van der Waals surface area contributed by atoms with Crippen LogP contribution in [-0.4, -0.2) is 40.0 Å². The van der Waals surface area contributed by atoms with Gasteiger partial charge in [0, 0.05) is 16.9 Å². The van der Waals surface area contributed by atoms with Gasteiger partial charge in [0.15, 0.2) is 11.9 Å². The van der Waals surface area contributed by atoms with E-state index < -0.39 is 52.3 Å². The maximum absolute atomic E-state index is 12.8. The zero-order valence-electron chi connectivity index (χ0n) is 17.7. The zero-order chi connectivity index (χ0) is 21.6. The SMILES string of the molecule is CCCCCCC(O)C(=O)OC1C2C(C=CC3=C(O)C(=O)C(=O)C32C)CC1(C)C. The minimum absolute atomic E-state index is 0.0547. The molecular weight excluding hydrogens is 372 g/mol. The predicted molar refractivity (Wildman–Crippen MR) is 107 cm³/mol. The summed E-state index contributed by atoms with van der Waals surface area (Å²) in [5.41, 5.74) is -1.34. The fourth-order valence-electron chi connectivity index (χ4n) is 5.44. The van der Waals surface area contributed by atoms with Gasteiger partial charge in [0.05, 0.1) is 5.41 Å². The summed E-state index contributed by atoms with van der Waals surface area (Å²) in [6, 6.07) is 0. The summed E-state index contributed by atoms with van der Waals surface area (Å²) >= 11 is 0. The third-order valence-corrected chi connectivity index (χ3v) is 7.05. The maximum atomic E-state index is 12.8. The third kappa shape index (κ3) is 3.45. The lowest BCUT2D eigenvalue weighted by molar-refractivity contribution is -0.170. The molecule has 6 heteroatoms. The second-order valence-electron chi connectivity index (χ2n) is 9.59. The Labute approximate surface area is 172 Å². The number of Topliss-reactive ketones (excluding diaryl/α,β-unsaturated/α-hetero) is 2. The average molecular weight is 405 g/mol.